The second-order valence-electron chi connectivity index (χ2n) is 3.29. The number of methoxy groups -OCH3 is 1. The van der Waals surface area contributed by atoms with Crippen LogP contribution in [0.5, 0.6) is 5.88 Å². The molecule has 1 N–H and O–H groups in total. The van der Waals surface area contributed by atoms with Crippen LogP contribution in [-0.4, -0.2) is 23.8 Å². The third-order valence-corrected chi connectivity index (χ3v) is 2.02. The van der Waals surface area contributed by atoms with Gasteiger partial charge in [-0.15, -0.1) is 0 Å². The quantitative estimate of drug-likeness (QED) is 0.830. The molecule has 0 aliphatic heterocycles. The molecule has 0 spiro atoms. The van der Waals surface area contributed by atoms with Gasteiger partial charge in [0.2, 0.25) is 0 Å². The maximum absolute atomic E-state index is 5.25. The Morgan fingerprint density at radius 3 is 3.00 bits per heavy atom. The molecule has 0 bridgehead atoms. The molecule has 0 aromatic carbocycles. The van der Waals surface area contributed by atoms with E-state index in [1.165, 1.54) is 0 Å². The molecule has 2 heterocycles. The Morgan fingerprint density at radius 2 is 2.38 bits per heavy atom. The SMILES string of the molecule is COc1cc(CCNc2ncc(C)o2)on1. The molecule has 0 amide bonds. The van der Waals surface area contributed by atoms with Gasteiger partial charge < -0.3 is 19.0 Å². The highest BCUT2D eigenvalue weighted by Gasteiger charge is 2.04. The lowest BCUT2D eigenvalue weighted by Gasteiger charge is -1.97. The second-order valence-corrected chi connectivity index (χ2v) is 3.29. The van der Waals surface area contributed by atoms with Gasteiger partial charge in [-0.2, -0.15) is 0 Å². The Balaban J connectivity index is 1.79. The van der Waals surface area contributed by atoms with E-state index in [1.807, 2.05) is 6.92 Å². The van der Waals surface area contributed by atoms with Crippen LogP contribution in [0.2, 0.25) is 0 Å². The fourth-order valence-electron chi connectivity index (χ4n) is 1.24. The predicted molar refractivity (Wildman–Crippen MR) is 56.5 cm³/mol. The zero-order valence-electron chi connectivity index (χ0n) is 9.19. The first-order chi connectivity index (χ1) is 7.78. The zero-order valence-corrected chi connectivity index (χ0v) is 9.19. The number of aryl methyl sites for hydroxylation is 1. The number of rotatable bonds is 5. The highest BCUT2D eigenvalue weighted by atomic mass is 16.5. The van der Waals surface area contributed by atoms with E-state index < -0.39 is 0 Å². The number of hydrogen-bond donors (Lipinski definition) is 1. The molecule has 2 aromatic rings. The van der Waals surface area contributed by atoms with Crippen molar-refractivity contribution in [3.05, 3.63) is 23.8 Å². The summed E-state index contributed by atoms with van der Waals surface area (Å²) in [5.74, 6) is 2.03. The van der Waals surface area contributed by atoms with Crippen LogP contribution < -0.4 is 10.1 Å². The highest BCUT2D eigenvalue weighted by Crippen LogP contribution is 2.11. The molecule has 2 aromatic heterocycles. The third-order valence-electron chi connectivity index (χ3n) is 2.02. The lowest BCUT2D eigenvalue weighted by Crippen LogP contribution is -2.04. The number of ether oxygens (including phenoxy) is 1. The fourth-order valence-corrected chi connectivity index (χ4v) is 1.24. The van der Waals surface area contributed by atoms with E-state index in [4.69, 9.17) is 13.7 Å². The first-order valence-corrected chi connectivity index (χ1v) is 4.94. The normalized spacial score (nSPS) is 10.4. The van der Waals surface area contributed by atoms with Gasteiger partial charge in [0.1, 0.15) is 11.5 Å². The van der Waals surface area contributed by atoms with Crippen LogP contribution in [0.1, 0.15) is 11.5 Å². The van der Waals surface area contributed by atoms with E-state index in [-0.39, 0.29) is 0 Å². The van der Waals surface area contributed by atoms with E-state index >= 15 is 0 Å². The largest absolute Gasteiger partial charge is 0.479 e. The van der Waals surface area contributed by atoms with Crippen molar-refractivity contribution in [1.82, 2.24) is 10.1 Å². The number of anilines is 1. The van der Waals surface area contributed by atoms with Crippen molar-refractivity contribution in [1.29, 1.82) is 0 Å². The van der Waals surface area contributed by atoms with Crippen LogP contribution in [0.3, 0.4) is 0 Å². The molecule has 2 rings (SSSR count). The first kappa shape index (κ1) is 10.5. The van der Waals surface area contributed by atoms with Crippen molar-refractivity contribution in [2.45, 2.75) is 13.3 Å². The minimum absolute atomic E-state index is 0.488. The highest BCUT2D eigenvalue weighted by molar-refractivity contribution is 5.20. The van der Waals surface area contributed by atoms with Crippen LogP contribution in [-0.2, 0) is 6.42 Å². The first-order valence-electron chi connectivity index (χ1n) is 4.94. The van der Waals surface area contributed by atoms with Gasteiger partial charge in [-0.05, 0) is 12.1 Å². The van der Waals surface area contributed by atoms with Gasteiger partial charge in [-0.25, -0.2) is 4.98 Å². The Bertz CT molecular complexity index is 450. The average Bonchev–Trinajstić information content (AvgIpc) is 2.88. The number of nitrogens with one attached hydrogen (secondary N) is 1. The smallest absolute Gasteiger partial charge is 0.294 e. The van der Waals surface area contributed by atoms with Crippen molar-refractivity contribution in [2.24, 2.45) is 0 Å². The molecule has 0 radical (unpaired) electrons. The van der Waals surface area contributed by atoms with E-state index in [0.717, 1.165) is 11.5 Å². The van der Waals surface area contributed by atoms with Gasteiger partial charge in [0.05, 0.1) is 13.3 Å². The van der Waals surface area contributed by atoms with Gasteiger partial charge in [0.25, 0.3) is 11.9 Å². The van der Waals surface area contributed by atoms with Crippen molar-refractivity contribution in [2.75, 3.05) is 19.0 Å². The summed E-state index contributed by atoms with van der Waals surface area (Å²) in [6, 6.07) is 2.27. The number of nitrogens with zero attached hydrogens (tertiary/aromatic N) is 2. The van der Waals surface area contributed by atoms with Crippen molar-refractivity contribution in [3.8, 4) is 5.88 Å². The molecule has 0 saturated carbocycles. The molecular weight excluding hydrogens is 210 g/mol. The number of aromatic nitrogens is 2. The zero-order chi connectivity index (χ0) is 11.4. The van der Waals surface area contributed by atoms with Crippen molar-refractivity contribution in [3.63, 3.8) is 0 Å². The topological polar surface area (TPSA) is 73.3 Å². The average molecular weight is 223 g/mol. The Labute approximate surface area is 92.6 Å². The molecule has 0 unspecified atom stereocenters. The fraction of sp³-hybridized carbons (Fsp3) is 0.400. The summed E-state index contributed by atoms with van der Waals surface area (Å²) >= 11 is 0. The van der Waals surface area contributed by atoms with Crippen LogP contribution in [0.4, 0.5) is 6.01 Å². The van der Waals surface area contributed by atoms with Crippen LogP contribution in [0, 0.1) is 6.92 Å². The number of oxazole rings is 1. The molecule has 0 atom stereocenters. The lowest BCUT2D eigenvalue weighted by molar-refractivity contribution is 0.327. The molecule has 0 fully saturated rings. The second kappa shape index (κ2) is 4.69. The molecule has 16 heavy (non-hydrogen) atoms. The molecular formula is C10H13N3O3. The molecule has 0 aliphatic carbocycles. The molecule has 6 heteroatoms. The van der Waals surface area contributed by atoms with E-state index in [9.17, 15) is 0 Å². The Morgan fingerprint density at radius 1 is 1.50 bits per heavy atom. The Kier molecular flexibility index (Phi) is 3.09. The predicted octanol–water partition coefficient (Wildman–Crippen LogP) is 1.63. The van der Waals surface area contributed by atoms with Crippen LogP contribution in [0.15, 0.2) is 21.2 Å². The van der Waals surface area contributed by atoms with Crippen LogP contribution >= 0.6 is 0 Å². The molecule has 0 saturated heterocycles. The van der Waals surface area contributed by atoms with Crippen molar-refractivity contribution < 1.29 is 13.7 Å². The summed E-state index contributed by atoms with van der Waals surface area (Å²) in [7, 11) is 1.55. The minimum Gasteiger partial charge on any atom is -0.479 e. The van der Waals surface area contributed by atoms with Crippen LogP contribution in [0.25, 0.3) is 0 Å². The number of hydrogen-bond acceptors (Lipinski definition) is 6. The Hall–Kier alpha value is -1.98. The summed E-state index contributed by atoms with van der Waals surface area (Å²) in [6.45, 7) is 2.51. The maximum Gasteiger partial charge on any atom is 0.294 e. The van der Waals surface area contributed by atoms with Crippen molar-refractivity contribution >= 4 is 6.01 Å². The maximum atomic E-state index is 5.25. The third kappa shape index (κ3) is 2.53. The summed E-state index contributed by atoms with van der Waals surface area (Å²) in [4.78, 5) is 4.02. The standard InChI is InChI=1S/C10H13N3O3/c1-7-6-12-10(15-7)11-4-3-8-5-9(14-2)13-16-8/h5-6H,3-4H2,1-2H3,(H,11,12). The summed E-state index contributed by atoms with van der Waals surface area (Å²) in [5.41, 5.74) is 0. The van der Waals surface area contributed by atoms with E-state index in [2.05, 4.69) is 15.5 Å². The summed E-state index contributed by atoms with van der Waals surface area (Å²) in [6.07, 6.45) is 2.36. The summed E-state index contributed by atoms with van der Waals surface area (Å²) in [5, 5.41) is 6.74. The molecule has 0 aliphatic rings. The monoisotopic (exact) mass is 223 g/mol. The molecule has 86 valence electrons. The van der Waals surface area contributed by atoms with Gasteiger partial charge in [-0.3, -0.25) is 0 Å². The van der Waals surface area contributed by atoms with E-state index in [0.29, 0.717) is 24.9 Å². The molecule has 6 nitrogen and oxygen atoms in total. The van der Waals surface area contributed by atoms with Gasteiger partial charge in [-0.1, -0.05) is 0 Å². The van der Waals surface area contributed by atoms with Gasteiger partial charge in [0, 0.05) is 19.0 Å². The van der Waals surface area contributed by atoms with E-state index in [1.54, 1.807) is 19.4 Å². The van der Waals surface area contributed by atoms with Gasteiger partial charge in [0.15, 0.2) is 0 Å². The lowest BCUT2D eigenvalue weighted by atomic mass is 10.3. The summed E-state index contributed by atoms with van der Waals surface area (Å²) < 4.78 is 15.2. The van der Waals surface area contributed by atoms with Gasteiger partial charge >= 0.3 is 0 Å². The minimum atomic E-state index is 0.488.